The molecule has 100 valence electrons. The predicted molar refractivity (Wildman–Crippen MR) is 83.7 cm³/mol. The van der Waals surface area contributed by atoms with Crippen molar-refractivity contribution in [3.05, 3.63) is 53.6 Å². The highest BCUT2D eigenvalue weighted by Gasteiger charge is 2.01. The van der Waals surface area contributed by atoms with Crippen LogP contribution < -0.4 is 10.1 Å². The number of thioether (sulfide) groups is 1. The number of anilines is 1. The number of ether oxygens (including phenoxy) is 1. The van der Waals surface area contributed by atoms with E-state index in [0.717, 1.165) is 33.7 Å². The van der Waals surface area contributed by atoms with Crippen molar-refractivity contribution in [3.63, 3.8) is 0 Å². The third-order valence-corrected chi connectivity index (χ3v) is 3.87. The van der Waals surface area contributed by atoms with Gasteiger partial charge in [-0.1, -0.05) is 29.8 Å². The van der Waals surface area contributed by atoms with Gasteiger partial charge in [0.05, 0.1) is 7.11 Å². The molecule has 0 aromatic heterocycles. The summed E-state index contributed by atoms with van der Waals surface area (Å²) < 4.78 is 5.32. The van der Waals surface area contributed by atoms with E-state index in [9.17, 15) is 0 Å². The number of benzene rings is 2. The van der Waals surface area contributed by atoms with Crippen LogP contribution in [0.3, 0.4) is 0 Å². The second-order valence-corrected chi connectivity index (χ2v) is 5.51. The van der Waals surface area contributed by atoms with Gasteiger partial charge in [-0.05, 0) is 30.3 Å². The molecule has 2 aromatic rings. The standard InChI is InChI=1S/C15H16ClNOS/c1-18-14-7-2-3-8-15(14)19-10-9-17-13-6-4-5-12(16)11-13/h2-8,11,17H,9-10H2,1H3. The van der Waals surface area contributed by atoms with Crippen LogP contribution in [0.2, 0.25) is 5.02 Å². The van der Waals surface area contributed by atoms with Gasteiger partial charge in [0.25, 0.3) is 0 Å². The highest BCUT2D eigenvalue weighted by atomic mass is 35.5. The SMILES string of the molecule is COc1ccccc1SCCNc1cccc(Cl)c1. The Kier molecular flexibility index (Phi) is 5.43. The fraction of sp³-hybridized carbons (Fsp3) is 0.200. The van der Waals surface area contributed by atoms with Gasteiger partial charge in [0.1, 0.15) is 5.75 Å². The van der Waals surface area contributed by atoms with Crippen molar-refractivity contribution in [1.29, 1.82) is 0 Å². The lowest BCUT2D eigenvalue weighted by Crippen LogP contribution is -2.03. The molecule has 0 atom stereocenters. The summed E-state index contributed by atoms with van der Waals surface area (Å²) in [5.74, 6) is 1.89. The summed E-state index contributed by atoms with van der Waals surface area (Å²) in [6.45, 7) is 0.878. The number of rotatable bonds is 6. The summed E-state index contributed by atoms with van der Waals surface area (Å²) in [7, 11) is 1.70. The molecule has 0 unspecified atom stereocenters. The third-order valence-electron chi connectivity index (χ3n) is 2.58. The fourth-order valence-electron chi connectivity index (χ4n) is 1.69. The molecule has 2 nitrogen and oxygen atoms in total. The Balaban J connectivity index is 1.81. The summed E-state index contributed by atoms with van der Waals surface area (Å²) in [6, 6.07) is 15.8. The van der Waals surface area contributed by atoms with Crippen LogP contribution >= 0.6 is 23.4 Å². The number of hydrogen-bond acceptors (Lipinski definition) is 3. The van der Waals surface area contributed by atoms with E-state index >= 15 is 0 Å². The monoisotopic (exact) mass is 293 g/mol. The number of nitrogens with one attached hydrogen (secondary N) is 1. The van der Waals surface area contributed by atoms with E-state index in [-0.39, 0.29) is 0 Å². The minimum absolute atomic E-state index is 0.752. The van der Waals surface area contributed by atoms with Crippen LogP contribution in [0.4, 0.5) is 5.69 Å². The molecule has 0 heterocycles. The minimum atomic E-state index is 0.752. The minimum Gasteiger partial charge on any atom is -0.496 e. The molecule has 19 heavy (non-hydrogen) atoms. The topological polar surface area (TPSA) is 21.3 Å². The quantitative estimate of drug-likeness (QED) is 0.623. The average Bonchev–Trinajstić information content (AvgIpc) is 2.44. The van der Waals surface area contributed by atoms with Crippen LogP contribution in [0.1, 0.15) is 0 Å². The van der Waals surface area contributed by atoms with Crippen molar-refractivity contribution < 1.29 is 4.74 Å². The molecule has 0 radical (unpaired) electrons. The first-order valence-corrected chi connectivity index (χ1v) is 7.41. The molecule has 0 aliphatic carbocycles. The molecule has 2 aromatic carbocycles. The summed E-state index contributed by atoms with van der Waals surface area (Å²) in [4.78, 5) is 1.16. The molecule has 0 saturated heterocycles. The van der Waals surface area contributed by atoms with Crippen LogP contribution in [0.15, 0.2) is 53.4 Å². The molecule has 0 aliphatic heterocycles. The Morgan fingerprint density at radius 2 is 2.00 bits per heavy atom. The Labute approximate surface area is 123 Å². The second-order valence-electron chi connectivity index (χ2n) is 3.94. The molecule has 4 heteroatoms. The van der Waals surface area contributed by atoms with Gasteiger partial charge in [0.2, 0.25) is 0 Å². The van der Waals surface area contributed by atoms with Crippen LogP contribution in [-0.4, -0.2) is 19.4 Å². The summed E-state index contributed by atoms with van der Waals surface area (Å²) in [6.07, 6.45) is 0. The van der Waals surface area contributed by atoms with Gasteiger partial charge >= 0.3 is 0 Å². The highest BCUT2D eigenvalue weighted by molar-refractivity contribution is 7.99. The van der Waals surface area contributed by atoms with E-state index in [1.165, 1.54) is 0 Å². The number of para-hydroxylation sites is 1. The smallest absolute Gasteiger partial charge is 0.132 e. The zero-order chi connectivity index (χ0) is 13.5. The van der Waals surface area contributed by atoms with Crippen molar-refractivity contribution in [2.45, 2.75) is 4.90 Å². The maximum Gasteiger partial charge on any atom is 0.132 e. The Hall–Kier alpha value is -1.32. The van der Waals surface area contributed by atoms with E-state index in [2.05, 4.69) is 11.4 Å². The van der Waals surface area contributed by atoms with Crippen LogP contribution in [0.25, 0.3) is 0 Å². The lowest BCUT2D eigenvalue weighted by molar-refractivity contribution is 0.405. The third kappa shape index (κ3) is 4.37. The van der Waals surface area contributed by atoms with Gasteiger partial charge in [-0.15, -0.1) is 11.8 Å². The Morgan fingerprint density at radius 3 is 2.79 bits per heavy atom. The van der Waals surface area contributed by atoms with Gasteiger partial charge in [-0.2, -0.15) is 0 Å². The molecule has 0 aliphatic rings. The first-order valence-electron chi connectivity index (χ1n) is 6.05. The molecule has 2 rings (SSSR count). The molecular formula is C15H16ClNOS. The van der Waals surface area contributed by atoms with Crippen molar-refractivity contribution in [1.82, 2.24) is 0 Å². The summed E-state index contributed by atoms with van der Waals surface area (Å²) in [5.41, 5.74) is 1.05. The molecule has 0 amide bonds. The van der Waals surface area contributed by atoms with Crippen molar-refractivity contribution >= 4 is 29.1 Å². The number of halogens is 1. The molecule has 0 spiro atoms. The largest absolute Gasteiger partial charge is 0.496 e. The number of methoxy groups -OCH3 is 1. The maximum atomic E-state index is 5.93. The van der Waals surface area contributed by atoms with Crippen LogP contribution in [-0.2, 0) is 0 Å². The van der Waals surface area contributed by atoms with Crippen molar-refractivity contribution in [2.75, 3.05) is 24.7 Å². The highest BCUT2D eigenvalue weighted by Crippen LogP contribution is 2.28. The maximum absolute atomic E-state index is 5.93. The number of hydrogen-bond donors (Lipinski definition) is 1. The lowest BCUT2D eigenvalue weighted by Gasteiger charge is -2.09. The van der Waals surface area contributed by atoms with Crippen molar-refractivity contribution in [3.8, 4) is 5.75 Å². The fourth-order valence-corrected chi connectivity index (χ4v) is 2.78. The summed E-state index contributed by atoms with van der Waals surface area (Å²) in [5, 5.41) is 4.10. The Bertz CT molecular complexity index is 533. The predicted octanol–water partition coefficient (Wildman–Crippen LogP) is 4.55. The van der Waals surface area contributed by atoms with Crippen molar-refractivity contribution in [2.24, 2.45) is 0 Å². The van der Waals surface area contributed by atoms with Gasteiger partial charge in [-0.3, -0.25) is 0 Å². The molecule has 1 N–H and O–H groups in total. The zero-order valence-corrected chi connectivity index (χ0v) is 12.3. The average molecular weight is 294 g/mol. The summed E-state index contributed by atoms with van der Waals surface area (Å²) >= 11 is 7.71. The van der Waals surface area contributed by atoms with E-state index in [1.807, 2.05) is 42.5 Å². The normalized spacial score (nSPS) is 10.2. The Morgan fingerprint density at radius 1 is 1.16 bits per heavy atom. The van der Waals surface area contributed by atoms with Gasteiger partial charge < -0.3 is 10.1 Å². The second kappa shape index (κ2) is 7.31. The van der Waals surface area contributed by atoms with E-state index < -0.39 is 0 Å². The van der Waals surface area contributed by atoms with Crippen LogP contribution in [0.5, 0.6) is 5.75 Å². The molecule has 0 fully saturated rings. The van der Waals surface area contributed by atoms with Gasteiger partial charge in [0.15, 0.2) is 0 Å². The first-order chi connectivity index (χ1) is 9.29. The first kappa shape index (κ1) is 14.1. The van der Waals surface area contributed by atoms with Gasteiger partial charge in [0, 0.05) is 27.9 Å². The van der Waals surface area contributed by atoms with Crippen LogP contribution in [0, 0.1) is 0 Å². The molecule has 0 bridgehead atoms. The lowest BCUT2D eigenvalue weighted by atomic mass is 10.3. The van der Waals surface area contributed by atoms with E-state index in [0.29, 0.717) is 0 Å². The molecule has 0 saturated carbocycles. The van der Waals surface area contributed by atoms with E-state index in [4.69, 9.17) is 16.3 Å². The van der Waals surface area contributed by atoms with E-state index in [1.54, 1.807) is 18.9 Å². The molecular weight excluding hydrogens is 278 g/mol. The van der Waals surface area contributed by atoms with Gasteiger partial charge in [-0.25, -0.2) is 0 Å². The zero-order valence-electron chi connectivity index (χ0n) is 10.7.